The smallest absolute Gasteiger partial charge is 0.149 e. The minimum Gasteiger partial charge on any atom is -0.455 e. The first kappa shape index (κ1) is 10.2. The van der Waals surface area contributed by atoms with Crippen LogP contribution < -0.4 is 0 Å². The number of benzene rings is 1. The molecule has 0 bridgehead atoms. The van der Waals surface area contributed by atoms with Gasteiger partial charge in [0.1, 0.15) is 11.3 Å². The highest BCUT2D eigenvalue weighted by Crippen LogP contribution is 2.32. The average molecular weight is 263 g/mol. The van der Waals surface area contributed by atoms with Gasteiger partial charge in [0.25, 0.3) is 0 Å². The maximum absolute atomic E-state index is 5.76. The van der Waals surface area contributed by atoms with E-state index in [-0.39, 0.29) is 0 Å². The monoisotopic (exact) mass is 262 g/mol. The van der Waals surface area contributed by atoms with E-state index in [1.165, 1.54) is 0 Å². The fourth-order valence-corrected chi connectivity index (χ4v) is 2.06. The fourth-order valence-electron chi connectivity index (χ4n) is 1.61. The Morgan fingerprint density at radius 1 is 1.40 bits per heavy atom. The Morgan fingerprint density at radius 2 is 2.20 bits per heavy atom. The number of hydrogen-bond acceptors (Lipinski definition) is 1. The molecule has 0 fully saturated rings. The second kappa shape index (κ2) is 4.07. The predicted octanol–water partition coefficient (Wildman–Crippen LogP) is 4.87. The van der Waals surface area contributed by atoms with Crippen LogP contribution in [0.4, 0.5) is 0 Å². The van der Waals surface area contributed by atoms with Crippen molar-refractivity contribution in [3.63, 3.8) is 0 Å². The zero-order chi connectivity index (χ0) is 10.8. The average Bonchev–Trinajstić information content (AvgIpc) is 2.58. The van der Waals surface area contributed by atoms with Crippen LogP contribution in [0.3, 0.4) is 0 Å². The molecule has 76 valence electrons. The van der Waals surface area contributed by atoms with Crippen LogP contribution in [0.15, 0.2) is 39.7 Å². The van der Waals surface area contributed by atoms with E-state index >= 15 is 0 Å². The number of fused-ring (bicyclic) bond motifs is 1. The van der Waals surface area contributed by atoms with E-state index in [9.17, 15) is 0 Å². The van der Waals surface area contributed by atoms with Gasteiger partial charge in [-0.15, -0.1) is 0 Å². The third-order valence-electron chi connectivity index (χ3n) is 2.26. The van der Waals surface area contributed by atoms with Crippen LogP contribution in [0.5, 0.6) is 0 Å². The van der Waals surface area contributed by atoms with Crippen molar-refractivity contribution in [1.82, 2.24) is 0 Å². The molecule has 0 spiro atoms. The van der Waals surface area contributed by atoms with Gasteiger partial charge in [-0.05, 0) is 35.0 Å². The van der Waals surface area contributed by atoms with Crippen LogP contribution in [0.1, 0.15) is 18.2 Å². The summed E-state index contributed by atoms with van der Waals surface area (Å²) in [7, 11) is 0. The van der Waals surface area contributed by atoms with Crippen molar-refractivity contribution in [3.05, 3.63) is 46.7 Å². The van der Waals surface area contributed by atoms with E-state index in [1.807, 2.05) is 43.4 Å². The molecule has 0 saturated carbocycles. The molecular formula is C13H11BrO. The molecule has 1 nitrogen and oxygen atoms in total. The van der Waals surface area contributed by atoms with Crippen molar-refractivity contribution in [3.8, 4) is 0 Å². The van der Waals surface area contributed by atoms with Crippen molar-refractivity contribution >= 4 is 39.1 Å². The summed E-state index contributed by atoms with van der Waals surface area (Å²) in [5.74, 6) is 0.856. The Balaban J connectivity index is 2.84. The molecule has 0 aliphatic rings. The van der Waals surface area contributed by atoms with Crippen molar-refractivity contribution in [2.24, 2.45) is 0 Å². The Hall–Kier alpha value is -1.28. The van der Waals surface area contributed by atoms with Crippen LogP contribution >= 0.6 is 15.9 Å². The summed E-state index contributed by atoms with van der Waals surface area (Å²) in [6.45, 7) is 5.78. The molecule has 0 aliphatic carbocycles. The fraction of sp³-hybridized carbons (Fsp3) is 0.0769. The molecule has 0 N–H and O–H groups in total. The summed E-state index contributed by atoms with van der Waals surface area (Å²) < 4.78 is 6.73. The number of rotatable bonds is 2. The minimum absolute atomic E-state index is 0.856. The summed E-state index contributed by atoms with van der Waals surface area (Å²) in [5.41, 5.74) is 1.92. The third kappa shape index (κ3) is 1.65. The normalized spacial score (nSPS) is 11.3. The molecule has 2 rings (SSSR count). The van der Waals surface area contributed by atoms with Gasteiger partial charge in [-0.2, -0.15) is 0 Å². The third-order valence-corrected chi connectivity index (χ3v) is 2.88. The molecule has 0 saturated heterocycles. The number of allylic oxidation sites excluding steroid dienone is 1. The summed E-state index contributed by atoms with van der Waals surface area (Å²) in [6.07, 6.45) is 5.73. The Morgan fingerprint density at radius 3 is 2.87 bits per heavy atom. The molecule has 2 aromatic rings. The van der Waals surface area contributed by atoms with Crippen LogP contribution in [-0.4, -0.2) is 0 Å². The molecule has 1 aromatic carbocycles. The molecular weight excluding hydrogens is 252 g/mol. The van der Waals surface area contributed by atoms with Gasteiger partial charge in [-0.25, -0.2) is 0 Å². The molecule has 2 heteroatoms. The van der Waals surface area contributed by atoms with E-state index in [4.69, 9.17) is 4.42 Å². The lowest BCUT2D eigenvalue weighted by molar-refractivity contribution is 0.601. The van der Waals surface area contributed by atoms with Gasteiger partial charge in [0, 0.05) is 10.9 Å². The number of para-hydroxylation sites is 1. The second-order valence-electron chi connectivity index (χ2n) is 3.20. The Bertz CT molecular complexity index is 535. The summed E-state index contributed by atoms with van der Waals surface area (Å²) in [6, 6.07) is 6.00. The topological polar surface area (TPSA) is 13.1 Å². The lowest BCUT2D eigenvalue weighted by atomic mass is 10.1. The van der Waals surface area contributed by atoms with E-state index < -0.39 is 0 Å². The standard InChI is InChI=1S/C13H11BrO/c1-3-6-12-9(4-2)10-7-5-8-11(14)13(10)15-12/h3-8H,2H2,1H3/b6-3-. The lowest BCUT2D eigenvalue weighted by Gasteiger charge is -1.91. The van der Waals surface area contributed by atoms with Crippen LogP contribution in [0.2, 0.25) is 0 Å². The molecule has 15 heavy (non-hydrogen) atoms. The maximum atomic E-state index is 5.76. The highest BCUT2D eigenvalue weighted by atomic mass is 79.9. The maximum Gasteiger partial charge on any atom is 0.149 e. The highest BCUT2D eigenvalue weighted by Gasteiger charge is 2.10. The van der Waals surface area contributed by atoms with E-state index in [1.54, 1.807) is 0 Å². The SMILES string of the molecule is C=Cc1c(/C=C\C)oc2c(Br)cccc12. The van der Waals surface area contributed by atoms with Gasteiger partial charge in [-0.3, -0.25) is 0 Å². The van der Waals surface area contributed by atoms with Crippen molar-refractivity contribution in [1.29, 1.82) is 0 Å². The van der Waals surface area contributed by atoms with Crippen molar-refractivity contribution in [2.75, 3.05) is 0 Å². The first-order valence-corrected chi connectivity index (χ1v) is 5.53. The second-order valence-corrected chi connectivity index (χ2v) is 4.05. The Labute approximate surface area is 97.2 Å². The van der Waals surface area contributed by atoms with Crippen LogP contribution in [0, 0.1) is 0 Å². The van der Waals surface area contributed by atoms with Crippen LogP contribution in [-0.2, 0) is 0 Å². The molecule has 0 radical (unpaired) electrons. The first-order chi connectivity index (χ1) is 7.27. The summed E-state index contributed by atoms with van der Waals surface area (Å²) >= 11 is 3.47. The van der Waals surface area contributed by atoms with Gasteiger partial charge in [0.2, 0.25) is 0 Å². The zero-order valence-corrected chi connectivity index (χ0v) is 10.0. The zero-order valence-electron chi connectivity index (χ0n) is 8.46. The van der Waals surface area contributed by atoms with E-state index in [0.29, 0.717) is 0 Å². The number of furan rings is 1. The van der Waals surface area contributed by atoms with Crippen molar-refractivity contribution < 1.29 is 4.42 Å². The van der Waals surface area contributed by atoms with Crippen LogP contribution in [0.25, 0.3) is 23.1 Å². The molecule has 0 aliphatic heterocycles. The largest absolute Gasteiger partial charge is 0.455 e. The highest BCUT2D eigenvalue weighted by molar-refractivity contribution is 9.10. The number of hydrogen-bond donors (Lipinski definition) is 0. The summed E-state index contributed by atoms with van der Waals surface area (Å²) in [4.78, 5) is 0. The van der Waals surface area contributed by atoms with Gasteiger partial charge in [0.15, 0.2) is 0 Å². The first-order valence-electron chi connectivity index (χ1n) is 4.74. The lowest BCUT2D eigenvalue weighted by Crippen LogP contribution is -1.71. The van der Waals surface area contributed by atoms with Crippen molar-refractivity contribution in [2.45, 2.75) is 6.92 Å². The molecule has 1 aromatic heterocycles. The van der Waals surface area contributed by atoms with Gasteiger partial charge >= 0.3 is 0 Å². The quantitative estimate of drug-likeness (QED) is 0.753. The Kier molecular flexibility index (Phi) is 2.78. The molecule has 0 atom stereocenters. The predicted molar refractivity (Wildman–Crippen MR) is 68.7 cm³/mol. The summed E-state index contributed by atoms with van der Waals surface area (Å²) in [5, 5.41) is 1.09. The van der Waals surface area contributed by atoms with E-state index in [0.717, 1.165) is 26.8 Å². The molecule has 0 unspecified atom stereocenters. The van der Waals surface area contributed by atoms with Gasteiger partial charge in [-0.1, -0.05) is 30.9 Å². The van der Waals surface area contributed by atoms with Gasteiger partial charge in [0.05, 0.1) is 4.47 Å². The van der Waals surface area contributed by atoms with Gasteiger partial charge < -0.3 is 4.42 Å². The van der Waals surface area contributed by atoms with E-state index in [2.05, 4.69) is 22.5 Å². The molecule has 1 heterocycles. The molecule has 0 amide bonds. The number of halogens is 1. The minimum atomic E-state index is 0.856.